The molecule has 2 aromatic carbocycles. The van der Waals surface area contributed by atoms with E-state index >= 15 is 0 Å². The van der Waals surface area contributed by atoms with E-state index in [1.807, 2.05) is 53.7 Å². The molecule has 0 spiro atoms. The second-order valence-electron chi connectivity index (χ2n) is 9.94. The molecule has 0 aliphatic heterocycles. The zero-order valence-corrected chi connectivity index (χ0v) is 20.1. The van der Waals surface area contributed by atoms with Crippen LogP contribution in [0.15, 0.2) is 36.4 Å². The number of benzene rings is 2. The van der Waals surface area contributed by atoms with Crippen LogP contribution in [0.2, 0.25) is 10.0 Å². The van der Waals surface area contributed by atoms with Crippen LogP contribution in [0.4, 0.5) is 0 Å². The van der Waals surface area contributed by atoms with E-state index in [4.69, 9.17) is 28.9 Å². The van der Waals surface area contributed by atoms with Gasteiger partial charge in [-0.1, -0.05) is 89.0 Å². The second kappa shape index (κ2) is 9.21. The fourth-order valence-electron chi connectivity index (χ4n) is 3.21. The van der Waals surface area contributed by atoms with Gasteiger partial charge in [0.05, 0.1) is 0 Å². The van der Waals surface area contributed by atoms with E-state index in [1.165, 1.54) is 0 Å². The number of rotatable bonds is 6. The molecule has 162 valence electrons. The molecule has 0 saturated carbocycles. The monoisotopic (exact) mass is 447 g/mol. The fourth-order valence-corrected chi connectivity index (χ4v) is 3.73. The summed E-state index contributed by atoms with van der Waals surface area (Å²) in [5.41, 5.74) is 8.43. The van der Waals surface area contributed by atoms with Gasteiger partial charge in [-0.15, -0.1) is 0 Å². The Hall–Kier alpha value is -1.68. The summed E-state index contributed by atoms with van der Waals surface area (Å²) in [7, 11) is 0. The summed E-state index contributed by atoms with van der Waals surface area (Å²) in [6.07, 6.45) is 1.11. The van der Waals surface area contributed by atoms with Gasteiger partial charge in [0.15, 0.2) is 11.6 Å². The van der Waals surface area contributed by atoms with Gasteiger partial charge in [0.1, 0.15) is 0 Å². The Bertz CT molecular complexity index is 875. The molecular weight excluding hydrogens is 417 g/mol. The average molecular weight is 448 g/mol. The Morgan fingerprint density at radius 3 is 1.37 bits per heavy atom. The van der Waals surface area contributed by atoms with E-state index in [0.29, 0.717) is 34.0 Å². The Labute approximate surface area is 190 Å². The molecule has 0 saturated heterocycles. The molecule has 0 fully saturated rings. The van der Waals surface area contributed by atoms with Crippen LogP contribution in [0.5, 0.6) is 0 Å². The Morgan fingerprint density at radius 2 is 1.10 bits per heavy atom. The van der Waals surface area contributed by atoms with Crippen molar-refractivity contribution in [2.45, 2.75) is 60.4 Å². The molecule has 2 aromatic rings. The molecule has 2 N–H and O–H groups in total. The highest BCUT2D eigenvalue weighted by molar-refractivity contribution is 6.32. The van der Waals surface area contributed by atoms with Crippen molar-refractivity contribution in [1.82, 2.24) is 0 Å². The van der Waals surface area contributed by atoms with Crippen molar-refractivity contribution in [2.75, 3.05) is 0 Å². The Kier molecular flexibility index (Phi) is 7.55. The molecule has 0 atom stereocenters. The van der Waals surface area contributed by atoms with Crippen LogP contribution in [0.3, 0.4) is 0 Å². The predicted octanol–water partition coefficient (Wildman–Crippen LogP) is 6.56. The summed E-state index contributed by atoms with van der Waals surface area (Å²) >= 11 is 12.9. The molecule has 0 unspecified atom stereocenters. The van der Waals surface area contributed by atoms with E-state index in [-0.39, 0.29) is 17.6 Å². The van der Waals surface area contributed by atoms with Crippen LogP contribution in [-0.4, -0.2) is 17.6 Å². The van der Waals surface area contributed by atoms with E-state index in [9.17, 15) is 9.59 Å². The van der Waals surface area contributed by atoms with Gasteiger partial charge in [-0.3, -0.25) is 9.59 Å². The van der Waals surface area contributed by atoms with Gasteiger partial charge in [-0.05, 0) is 36.1 Å². The van der Waals surface area contributed by atoms with Gasteiger partial charge in [0.2, 0.25) is 0 Å². The normalized spacial score (nSPS) is 12.3. The van der Waals surface area contributed by atoms with Crippen LogP contribution in [0, 0.1) is 10.8 Å². The number of carbonyl (C=O) groups excluding carboxylic acids is 2. The SMILES string of the molecule is CC(C)(C)C(=O)c1ccc(CC(N)Cc2ccc(C(=O)C(C)(C)C)cc2Cl)c(Cl)c1. The zero-order valence-electron chi connectivity index (χ0n) is 18.6. The van der Waals surface area contributed by atoms with Gasteiger partial charge in [0.25, 0.3) is 0 Å². The predicted molar refractivity (Wildman–Crippen MR) is 126 cm³/mol. The lowest BCUT2D eigenvalue weighted by Crippen LogP contribution is -2.26. The van der Waals surface area contributed by atoms with Crippen LogP contribution >= 0.6 is 23.2 Å². The zero-order chi connectivity index (χ0) is 22.9. The molecule has 0 heterocycles. The standard InChI is InChI=1S/C25H31Cl2NO2/c1-24(2,3)22(29)17-9-7-15(20(26)13-17)11-19(28)12-16-8-10-18(14-21(16)27)23(30)25(4,5)6/h7-10,13-14,19H,11-12,28H2,1-6H3. The minimum Gasteiger partial charge on any atom is -0.327 e. The second-order valence-corrected chi connectivity index (χ2v) is 10.8. The first-order valence-electron chi connectivity index (χ1n) is 10.1. The van der Waals surface area contributed by atoms with Crippen molar-refractivity contribution in [3.8, 4) is 0 Å². The lowest BCUT2D eigenvalue weighted by molar-refractivity contribution is 0.0852. The highest BCUT2D eigenvalue weighted by Crippen LogP contribution is 2.28. The van der Waals surface area contributed by atoms with Gasteiger partial charge in [-0.25, -0.2) is 0 Å². The summed E-state index contributed by atoms with van der Waals surface area (Å²) in [4.78, 5) is 24.9. The fraction of sp³-hybridized carbons (Fsp3) is 0.440. The average Bonchev–Trinajstić information content (AvgIpc) is 2.62. The van der Waals surface area contributed by atoms with Crippen LogP contribution in [0.1, 0.15) is 73.4 Å². The summed E-state index contributed by atoms with van der Waals surface area (Å²) in [6, 6.07) is 10.6. The van der Waals surface area contributed by atoms with Crippen molar-refractivity contribution in [3.63, 3.8) is 0 Å². The maximum absolute atomic E-state index is 12.4. The summed E-state index contributed by atoms with van der Waals surface area (Å²) < 4.78 is 0. The highest BCUT2D eigenvalue weighted by atomic mass is 35.5. The number of halogens is 2. The van der Waals surface area contributed by atoms with Crippen molar-refractivity contribution in [2.24, 2.45) is 16.6 Å². The number of carbonyl (C=O) groups is 2. The van der Waals surface area contributed by atoms with E-state index < -0.39 is 10.8 Å². The van der Waals surface area contributed by atoms with Crippen LogP contribution in [-0.2, 0) is 12.8 Å². The summed E-state index contributed by atoms with van der Waals surface area (Å²) in [6.45, 7) is 11.3. The Morgan fingerprint density at radius 1 is 0.767 bits per heavy atom. The van der Waals surface area contributed by atoms with Gasteiger partial charge >= 0.3 is 0 Å². The summed E-state index contributed by atoms with van der Waals surface area (Å²) in [5.74, 6) is 0.105. The minimum atomic E-state index is -0.460. The number of nitrogens with two attached hydrogens (primary N) is 1. The van der Waals surface area contributed by atoms with E-state index in [2.05, 4.69) is 0 Å². The molecule has 0 amide bonds. The van der Waals surface area contributed by atoms with Crippen molar-refractivity contribution in [3.05, 3.63) is 68.7 Å². The molecule has 5 heteroatoms. The molecule has 2 rings (SSSR count). The number of hydrogen-bond donors (Lipinski definition) is 1. The van der Waals surface area contributed by atoms with Gasteiger partial charge < -0.3 is 5.73 Å². The number of ketones is 2. The molecule has 3 nitrogen and oxygen atoms in total. The lowest BCUT2D eigenvalue weighted by atomic mass is 9.85. The first-order valence-corrected chi connectivity index (χ1v) is 10.9. The third-order valence-electron chi connectivity index (χ3n) is 4.96. The van der Waals surface area contributed by atoms with Crippen molar-refractivity contribution < 1.29 is 9.59 Å². The molecule has 0 radical (unpaired) electrons. The molecule has 30 heavy (non-hydrogen) atoms. The third-order valence-corrected chi connectivity index (χ3v) is 5.66. The molecule has 0 aliphatic rings. The van der Waals surface area contributed by atoms with Crippen LogP contribution < -0.4 is 5.73 Å². The third kappa shape index (κ3) is 6.16. The topological polar surface area (TPSA) is 60.2 Å². The summed E-state index contributed by atoms with van der Waals surface area (Å²) in [5, 5.41) is 1.08. The smallest absolute Gasteiger partial charge is 0.168 e. The minimum absolute atomic E-state index is 0.0527. The van der Waals surface area contributed by atoms with Gasteiger partial charge in [-0.2, -0.15) is 0 Å². The molecule has 0 bridgehead atoms. The van der Waals surface area contributed by atoms with Gasteiger partial charge in [0, 0.05) is 38.0 Å². The molecular formula is C25H31Cl2NO2. The molecule has 0 aromatic heterocycles. The molecule has 0 aliphatic carbocycles. The van der Waals surface area contributed by atoms with Crippen molar-refractivity contribution >= 4 is 34.8 Å². The first kappa shape index (κ1) is 24.6. The lowest BCUT2D eigenvalue weighted by Gasteiger charge is -2.19. The Balaban J connectivity index is 2.12. The van der Waals surface area contributed by atoms with E-state index in [0.717, 1.165) is 11.1 Å². The number of Topliss-reactive ketones (excluding diaryl/α,β-unsaturated/α-hetero) is 2. The maximum atomic E-state index is 12.4. The van der Waals surface area contributed by atoms with E-state index in [1.54, 1.807) is 24.3 Å². The largest absolute Gasteiger partial charge is 0.327 e. The quantitative estimate of drug-likeness (QED) is 0.509. The number of hydrogen-bond acceptors (Lipinski definition) is 3. The highest BCUT2D eigenvalue weighted by Gasteiger charge is 2.25. The first-order chi connectivity index (χ1) is 13.7. The van der Waals surface area contributed by atoms with Crippen LogP contribution in [0.25, 0.3) is 0 Å². The maximum Gasteiger partial charge on any atom is 0.168 e. The van der Waals surface area contributed by atoms with Crippen molar-refractivity contribution in [1.29, 1.82) is 0 Å².